The lowest BCUT2D eigenvalue weighted by molar-refractivity contribution is 0.509. The summed E-state index contributed by atoms with van der Waals surface area (Å²) in [5.74, 6) is -1.62. The predicted octanol–water partition coefficient (Wildman–Crippen LogP) is 4.66. The fraction of sp³-hybridized carbons (Fsp3) is 0.143. The Labute approximate surface area is 104 Å². The summed E-state index contributed by atoms with van der Waals surface area (Å²) in [5, 5.41) is 0. The van der Waals surface area contributed by atoms with Crippen LogP contribution in [0.25, 0.3) is 11.1 Å². The van der Waals surface area contributed by atoms with Gasteiger partial charge in [0.2, 0.25) is 0 Å². The van der Waals surface area contributed by atoms with Gasteiger partial charge in [-0.1, -0.05) is 12.1 Å². The maximum absolute atomic E-state index is 13.2. The van der Waals surface area contributed by atoms with Crippen molar-refractivity contribution in [2.45, 2.75) is 11.8 Å². The molecule has 3 heteroatoms. The third kappa shape index (κ3) is 2.50. The van der Waals surface area contributed by atoms with E-state index in [0.29, 0.717) is 5.56 Å². The smallest absolute Gasteiger partial charge is 0.159 e. The molecule has 0 radical (unpaired) electrons. The summed E-state index contributed by atoms with van der Waals surface area (Å²) in [5.41, 5.74) is 2.70. The summed E-state index contributed by atoms with van der Waals surface area (Å²) in [6.45, 7) is 1.96. The lowest BCUT2D eigenvalue weighted by Gasteiger charge is -2.08. The lowest BCUT2D eigenvalue weighted by Crippen LogP contribution is -1.88. The molecule has 0 aliphatic rings. The maximum atomic E-state index is 13.2. The normalized spacial score (nSPS) is 10.6. The summed E-state index contributed by atoms with van der Waals surface area (Å²) < 4.78 is 26.1. The number of halogens is 2. The van der Waals surface area contributed by atoms with Gasteiger partial charge in [-0.25, -0.2) is 8.78 Å². The fourth-order valence-corrected chi connectivity index (χ4v) is 2.14. The van der Waals surface area contributed by atoms with Gasteiger partial charge >= 0.3 is 0 Å². The van der Waals surface area contributed by atoms with Gasteiger partial charge in [0.1, 0.15) is 0 Å². The highest BCUT2D eigenvalue weighted by Crippen LogP contribution is 2.28. The van der Waals surface area contributed by atoms with Gasteiger partial charge in [-0.05, 0) is 54.1 Å². The van der Waals surface area contributed by atoms with Crippen molar-refractivity contribution in [1.82, 2.24) is 0 Å². The zero-order chi connectivity index (χ0) is 12.4. The molecule has 2 aromatic carbocycles. The molecule has 2 rings (SSSR count). The van der Waals surface area contributed by atoms with E-state index in [2.05, 4.69) is 0 Å². The van der Waals surface area contributed by atoms with E-state index in [1.807, 2.05) is 31.4 Å². The molecule has 0 aliphatic heterocycles. The van der Waals surface area contributed by atoms with Crippen molar-refractivity contribution < 1.29 is 8.78 Å². The first-order chi connectivity index (χ1) is 8.11. The van der Waals surface area contributed by atoms with Crippen LogP contribution in [0.4, 0.5) is 8.78 Å². The number of rotatable bonds is 2. The first-order valence-electron chi connectivity index (χ1n) is 5.22. The van der Waals surface area contributed by atoms with Crippen LogP contribution in [0.5, 0.6) is 0 Å². The van der Waals surface area contributed by atoms with Crippen molar-refractivity contribution in [2.75, 3.05) is 6.26 Å². The van der Waals surface area contributed by atoms with Crippen molar-refractivity contribution in [3.63, 3.8) is 0 Å². The molecule has 0 atom stereocenters. The molecule has 0 N–H and O–H groups in total. The molecule has 0 heterocycles. The van der Waals surface area contributed by atoms with Gasteiger partial charge in [0, 0.05) is 4.90 Å². The Morgan fingerprint density at radius 2 is 1.71 bits per heavy atom. The van der Waals surface area contributed by atoms with Crippen LogP contribution in [-0.2, 0) is 0 Å². The van der Waals surface area contributed by atoms with Gasteiger partial charge in [0.15, 0.2) is 11.6 Å². The zero-order valence-corrected chi connectivity index (χ0v) is 10.4. The number of thioether (sulfide) groups is 1. The third-order valence-corrected chi connectivity index (χ3v) is 3.40. The average molecular weight is 250 g/mol. The van der Waals surface area contributed by atoms with Gasteiger partial charge < -0.3 is 0 Å². The highest BCUT2D eigenvalue weighted by molar-refractivity contribution is 7.98. The number of benzene rings is 2. The van der Waals surface area contributed by atoms with Crippen LogP contribution < -0.4 is 0 Å². The van der Waals surface area contributed by atoms with Crippen LogP contribution in [0.2, 0.25) is 0 Å². The second kappa shape index (κ2) is 4.88. The molecule has 0 saturated heterocycles. The monoisotopic (exact) mass is 250 g/mol. The van der Waals surface area contributed by atoms with E-state index in [0.717, 1.165) is 22.1 Å². The number of aryl methyl sites for hydroxylation is 1. The molecule has 0 nitrogen and oxygen atoms in total. The van der Waals surface area contributed by atoms with Crippen LogP contribution in [0.3, 0.4) is 0 Å². The van der Waals surface area contributed by atoms with E-state index in [9.17, 15) is 8.78 Å². The van der Waals surface area contributed by atoms with E-state index < -0.39 is 11.6 Å². The highest BCUT2D eigenvalue weighted by Gasteiger charge is 2.07. The van der Waals surface area contributed by atoms with Crippen molar-refractivity contribution in [2.24, 2.45) is 0 Å². The fourth-order valence-electron chi connectivity index (χ4n) is 1.70. The third-order valence-electron chi connectivity index (χ3n) is 2.68. The van der Waals surface area contributed by atoms with Crippen LogP contribution in [0, 0.1) is 18.6 Å². The number of hydrogen-bond donors (Lipinski definition) is 0. The molecule has 0 amide bonds. The molecule has 17 heavy (non-hydrogen) atoms. The van der Waals surface area contributed by atoms with Crippen LogP contribution in [-0.4, -0.2) is 6.26 Å². The van der Waals surface area contributed by atoms with Crippen LogP contribution in [0.1, 0.15) is 5.56 Å². The Morgan fingerprint density at radius 1 is 0.941 bits per heavy atom. The van der Waals surface area contributed by atoms with Gasteiger partial charge in [0.05, 0.1) is 0 Å². The van der Waals surface area contributed by atoms with Crippen LogP contribution in [0.15, 0.2) is 41.3 Å². The molecule has 0 saturated carbocycles. The predicted molar refractivity (Wildman–Crippen MR) is 68.3 cm³/mol. The largest absolute Gasteiger partial charge is 0.204 e. The zero-order valence-electron chi connectivity index (χ0n) is 9.63. The minimum atomic E-state index is -0.813. The summed E-state index contributed by atoms with van der Waals surface area (Å²) in [6, 6.07) is 10.0. The highest BCUT2D eigenvalue weighted by atomic mass is 32.2. The Kier molecular flexibility index (Phi) is 3.48. The van der Waals surface area contributed by atoms with E-state index in [-0.39, 0.29) is 0 Å². The maximum Gasteiger partial charge on any atom is 0.159 e. The molecular formula is C14H12F2S. The minimum Gasteiger partial charge on any atom is -0.204 e. The van der Waals surface area contributed by atoms with Crippen molar-refractivity contribution in [3.8, 4) is 11.1 Å². The van der Waals surface area contributed by atoms with E-state index in [1.165, 1.54) is 6.07 Å². The van der Waals surface area contributed by atoms with Gasteiger partial charge in [-0.15, -0.1) is 11.8 Å². The molecule has 88 valence electrons. The van der Waals surface area contributed by atoms with Crippen molar-refractivity contribution in [1.29, 1.82) is 0 Å². The number of hydrogen-bond acceptors (Lipinski definition) is 1. The Bertz CT molecular complexity index is 550. The summed E-state index contributed by atoms with van der Waals surface area (Å²) in [6.07, 6.45) is 1.99. The summed E-state index contributed by atoms with van der Waals surface area (Å²) >= 11 is 1.63. The topological polar surface area (TPSA) is 0 Å². The van der Waals surface area contributed by atoms with Crippen LogP contribution >= 0.6 is 11.8 Å². The molecule has 2 aromatic rings. The first-order valence-corrected chi connectivity index (χ1v) is 6.44. The molecular weight excluding hydrogens is 238 g/mol. The lowest BCUT2D eigenvalue weighted by atomic mass is 10.0. The van der Waals surface area contributed by atoms with Crippen molar-refractivity contribution in [3.05, 3.63) is 53.6 Å². The molecule has 0 bridgehead atoms. The summed E-state index contributed by atoms with van der Waals surface area (Å²) in [4.78, 5) is 1.11. The van der Waals surface area contributed by atoms with Crippen molar-refractivity contribution >= 4 is 11.8 Å². The van der Waals surface area contributed by atoms with Gasteiger partial charge in [-0.3, -0.25) is 0 Å². The SMILES string of the molecule is CSc1ccc(C)c(-c2ccc(F)c(F)c2)c1. The van der Waals surface area contributed by atoms with E-state index in [1.54, 1.807) is 17.8 Å². The molecule has 0 spiro atoms. The Balaban J connectivity index is 2.55. The standard InChI is InChI=1S/C14H12F2S/c1-9-3-5-11(17-2)8-12(9)10-4-6-13(15)14(16)7-10/h3-8H,1-2H3. The average Bonchev–Trinajstić information content (AvgIpc) is 2.33. The molecule has 0 fully saturated rings. The second-order valence-corrected chi connectivity index (χ2v) is 4.69. The van der Waals surface area contributed by atoms with E-state index in [4.69, 9.17) is 0 Å². The first kappa shape index (κ1) is 12.1. The molecule has 0 aromatic heterocycles. The van der Waals surface area contributed by atoms with Gasteiger partial charge in [-0.2, -0.15) is 0 Å². The Morgan fingerprint density at radius 3 is 2.35 bits per heavy atom. The molecule has 0 unspecified atom stereocenters. The summed E-state index contributed by atoms with van der Waals surface area (Å²) in [7, 11) is 0. The second-order valence-electron chi connectivity index (χ2n) is 3.81. The van der Waals surface area contributed by atoms with E-state index >= 15 is 0 Å². The minimum absolute atomic E-state index is 0.706. The van der Waals surface area contributed by atoms with Gasteiger partial charge in [0.25, 0.3) is 0 Å². The Hall–Kier alpha value is -1.35. The molecule has 0 aliphatic carbocycles. The quantitative estimate of drug-likeness (QED) is 0.698.